The molecule has 2 aliphatic heterocycles. The van der Waals surface area contributed by atoms with E-state index in [9.17, 15) is 5.11 Å². The van der Waals surface area contributed by atoms with E-state index in [1.165, 1.54) is 24.1 Å². The number of aryl methyl sites for hydroxylation is 1. The highest BCUT2D eigenvalue weighted by molar-refractivity contribution is 5.25. The van der Waals surface area contributed by atoms with Gasteiger partial charge in [0.1, 0.15) is 0 Å². The second-order valence-electron chi connectivity index (χ2n) is 7.30. The van der Waals surface area contributed by atoms with Crippen molar-refractivity contribution in [2.75, 3.05) is 19.7 Å². The van der Waals surface area contributed by atoms with Crippen LogP contribution in [0.3, 0.4) is 0 Å². The molecule has 0 radical (unpaired) electrons. The monoisotopic (exact) mass is 305 g/mol. The van der Waals surface area contributed by atoms with E-state index in [1.807, 2.05) is 6.20 Å². The molecule has 1 spiro atoms. The molecule has 4 rings (SSSR count). The van der Waals surface area contributed by atoms with Crippen molar-refractivity contribution in [1.82, 2.24) is 14.7 Å². The Kier molecular flexibility index (Phi) is 3.75. The summed E-state index contributed by atoms with van der Waals surface area (Å²) < 4.78 is 8.06. The third-order valence-electron chi connectivity index (χ3n) is 5.74. The molecular formula is C17H27N3O2. The van der Waals surface area contributed by atoms with Gasteiger partial charge in [0.25, 0.3) is 0 Å². The zero-order valence-electron chi connectivity index (χ0n) is 13.5. The molecule has 1 N–H and O–H groups in total. The Morgan fingerprint density at radius 2 is 2.09 bits per heavy atom. The van der Waals surface area contributed by atoms with Crippen LogP contribution in [0.2, 0.25) is 0 Å². The number of aliphatic hydroxyl groups is 1. The van der Waals surface area contributed by atoms with Gasteiger partial charge in [-0.15, -0.1) is 0 Å². The lowest BCUT2D eigenvalue weighted by molar-refractivity contribution is -0.177. The minimum absolute atomic E-state index is 0.261. The smallest absolute Gasteiger partial charge is 0.0964 e. The van der Waals surface area contributed by atoms with Gasteiger partial charge in [-0.25, -0.2) is 0 Å². The van der Waals surface area contributed by atoms with Gasteiger partial charge in [0.05, 0.1) is 17.9 Å². The van der Waals surface area contributed by atoms with Crippen LogP contribution < -0.4 is 0 Å². The summed E-state index contributed by atoms with van der Waals surface area (Å²) in [7, 11) is 2.06. The van der Waals surface area contributed by atoms with E-state index < -0.39 is 0 Å². The lowest BCUT2D eigenvalue weighted by Crippen LogP contribution is -2.55. The van der Waals surface area contributed by atoms with Crippen LogP contribution in [0.15, 0.2) is 6.20 Å². The molecule has 1 atom stereocenters. The first-order valence-electron chi connectivity index (χ1n) is 8.73. The van der Waals surface area contributed by atoms with Crippen molar-refractivity contribution in [2.45, 2.75) is 62.7 Å². The third-order valence-corrected chi connectivity index (χ3v) is 5.74. The fourth-order valence-electron chi connectivity index (χ4n) is 4.22. The van der Waals surface area contributed by atoms with Crippen LogP contribution >= 0.6 is 0 Å². The maximum Gasteiger partial charge on any atom is 0.0964 e. The summed E-state index contributed by atoms with van der Waals surface area (Å²) >= 11 is 0. The third kappa shape index (κ3) is 2.59. The zero-order valence-corrected chi connectivity index (χ0v) is 13.5. The summed E-state index contributed by atoms with van der Waals surface area (Å²) in [6, 6.07) is 0. The van der Waals surface area contributed by atoms with Crippen molar-refractivity contribution >= 4 is 0 Å². The minimum atomic E-state index is -0.274. The maximum atomic E-state index is 10.3. The van der Waals surface area contributed by atoms with Crippen LogP contribution in [-0.4, -0.2) is 51.2 Å². The van der Waals surface area contributed by atoms with E-state index in [-0.39, 0.29) is 11.7 Å². The van der Waals surface area contributed by atoms with Gasteiger partial charge >= 0.3 is 0 Å². The first-order chi connectivity index (χ1) is 10.7. The molecule has 0 bridgehead atoms. The van der Waals surface area contributed by atoms with Crippen molar-refractivity contribution in [3.8, 4) is 0 Å². The maximum absolute atomic E-state index is 10.3. The standard InChI is InChI=1S/C17H27N3O2/c1-19-16(13-4-5-13)14(11-18-19)12-20-8-6-17(7-9-20)15(21)3-2-10-22-17/h11,13,15,21H,2-10,12H2,1H3/t15-/m1/s1. The van der Waals surface area contributed by atoms with Gasteiger partial charge in [-0.1, -0.05) is 0 Å². The fourth-order valence-corrected chi connectivity index (χ4v) is 4.22. The highest BCUT2D eigenvalue weighted by Gasteiger charge is 2.43. The van der Waals surface area contributed by atoms with E-state index >= 15 is 0 Å². The average molecular weight is 305 g/mol. The summed E-state index contributed by atoms with van der Waals surface area (Å²) in [4.78, 5) is 2.50. The van der Waals surface area contributed by atoms with E-state index in [4.69, 9.17) is 4.74 Å². The van der Waals surface area contributed by atoms with Gasteiger partial charge in [-0.05, 0) is 38.5 Å². The fraction of sp³-hybridized carbons (Fsp3) is 0.824. The summed E-state index contributed by atoms with van der Waals surface area (Å²) in [5.74, 6) is 0.738. The first-order valence-corrected chi connectivity index (χ1v) is 8.73. The zero-order chi connectivity index (χ0) is 15.2. The molecule has 2 saturated heterocycles. The highest BCUT2D eigenvalue weighted by Crippen LogP contribution is 2.42. The van der Waals surface area contributed by atoms with Crippen LogP contribution in [-0.2, 0) is 18.3 Å². The molecule has 3 heterocycles. The number of hydrogen-bond acceptors (Lipinski definition) is 4. The molecule has 3 aliphatic rings. The SMILES string of the molecule is Cn1ncc(CN2CCC3(CC2)OCCC[C@H]3O)c1C1CC1. The van der Waals surface area contributed by atoms with Crippen molar-refractivity contribution in [2.24, 2.45) is 7.05 Å². The van der Waals surface area contributed by atoms with Gasteiger partial charge in [-0.2, -0.15) is 5.10 Å². The number of ether oxygens (including phenoxy) is 1. The predicted molar refractivity (Wildman–Crippen MR) is 83.6 cm³/mol. The molecule has 1 aromatic heterocycles. The van der Waals surface area contributed by atoms with Crippen LogP contribution in [0.4, 0.5) is 0 Å². The molecule has 122 valence electrons. The van der Waals surface area contributed by atoms with E-state index in [2.05, 4.69) is 21.7 Å². The summed E-state index contributed by atoms with van der Waals surface area (Å²) in [5, 5.41) is 14.8. The van der Waals surface area contributed by atoms with Gasteiger partial charge in [0.15, 0.2) is 0 Å². The van der Waals surface area contributed by atoms with Crippen LogP contribution in [0.5, 0.6) is 0 Å². The largest absolute Gasteiger partial charge is 0.390 e. The Hall–Kier alpha value is -0.910. The van der Waals surface area contributed by atoms with E-state index in [0.717, 1.165) is 57.8 Å². The Balaban J connectivity index is 1.40. The highest BCUT2D eigenvalue weighted by atomic mass is 16.5. The van der Waals surface area contributed by atoms with Gasteiger partial charge in [-0.3, -0.25) is 9.58 Å². The Bertz CT molecular complexity index is 530. The normalized spacial score (nSPS) is 29.1. The Morgan fingerprint density at radius 3 is 2.77 bits per heavy atom. The average Bonchev–Trinajstić information content (AvgIpc) is 3.29. The molecular weight excluding hydrogens is 278 g/mol. The number of aliphatic hydroxyl groups excluding tert-OH is 1. The van der Waals surface area contributed by atoms with Crippen LogP contribution in [0.1, 0.15) is 55.7 Å². The van der Waals surface area contributed by atoms with Crippen LogP contribution in [0, 0.1) is 0 Å². The number of piperidine rings is 1. The molecule has 3 fully saturated rings. The molecule has 0 amide bonds. The van der Waals surface area contributed by atoms with Crippen molar-refractivity contribution in [3.63, 3.8) is 0 Å². The predicted octanol–water partition coefficient (Wildman–Crippen LogP) is 1.80. The topological polar surface area (TPSA) is 50.5 Å². The molecule has 5 heteroatoms. The quantitative estimate of drug-likeness (QED) is 0.925. The van der Waals surface area contributed by atoms with E-state index in [0.29, 0.717) is 0 Å². The molecule has 1 aromatic rings. The van der Waals surface area contributed by atoms with Crippen LogP contribution in [0.25, 0.3) is 0 Å². The Labute approximate surface area is 132 Å². The van der Waals surface area contributed by atoms with Crippen molar-refractivity contribution in [3.05, 3.63) is 17.5 Å². The minimum Gasteiger partial charge on any atom is -0.390 e. The number of nitrogens with zero attached hydrogens (tertiary/aromatic N) is 3. The van der Waals surface area contributed by atoms with E-state index in [1.54, 1.807) is 0 Å². The number of rotatable bonds is 3. The Morgan fingerprint density at radius 1 is 1.32 bits per heavy atom. The summed E-state index contributed by atoms with van der Waals surface area (Å²) in [6.45, 7) is 3.82. The molecule has 0 aromatic carbocycles. The second kappa shape index (κ2) is 5.62. The molecule has 5 nitrogen and oxygen atoms in total. The summed E-state index contributed by atoms with van der Waals surface area (Å²) in [6.07, 6.45) is 8.20. The first kappa shape index (κ1) is 14.7. The van der Waals surface area contributed by atoms with Gasteiger partial charge < -0.3 is 9.84 Å². The number of hydrogen-bond donors (Lipinski definition) is 1. The van der Waals surface area contributed by atoms with Gasteiger partial charge in [0.2, 0.25) is 0 Å². The molecule has 1 aliphatic carbocycles. The van der Waals surface area contributed by atoms with Gasteiger partial charge in [0, 0.05) is 50.5 Å². The lowest BCUT2D eigenvalue weighted by atomic mass is 9.82. The molecule has 1 saturated carbocycles. The molecule has 22 heavy (non-hydrogen) atoms. The summed E-state index contributed by atoms with van der Waals surface area (Å²) in [5.41, 5.74) is 2.57. The molecule has 0 unspecified atom stereocenters. The second-order valence-corrected chi connectivity index (χ2v) is 7.30. The van der Waals surface area contributed by atoms with Crippen molar-refractivity contribution in [1.29, 1.82) is 0 Å². The number of aromatic nitrogens is 2. The lowest BCUT2D eigenvalue weighted by Gasteiger charge is -2.46. The van der Waals surface area contributed by atoms with Crippen molar-refractivity contribution < 1.29 is 9.84 Å². The number of likely N-dealkylation sites (tertiary alicyclic amines) is 1.